The third-order valence-electron chi connectivity index (χ3n) is 4.50. The summed E-state index contributed by atoms with van der Waals surface area (Å²) in [6.07, 6.45) is 3.97. The van der Waals surface area contributed by atoms with Crippen LogP contribution in [0.1, 0.15) is 32.6 Å². The molecule has 2 aliphatic rings. The summed E-state index contributed by atoms with van der Waals surface area (Å²) in [5, 5.41) is 0. The van der Waals surface area contributed by atoms with E-state index in [1.807, 2.05) is 29.2 Å². The van der Waals surface area contributed by atoms with Gasteiger partial charge >= 0.3 is 0 Å². The van der Waals surface area contributed by atoms with Crippen LogP contribution >= 0.6 is 0 Å². The number of rotatable bonds is 5. The van der Waals surface area contributed by atoms with Crippen LogP contribution in [0.2, 0.25) is 0 Å². The zero-order valence-corrected chi connectivity index (χ0v) is 12.7. The number of nitrogens with zero attached hydrogens (tertiary/aromatic N) is 1. The first-order valence-corrected chi connectivity index (χ1v) is 7.79. The van der Waals surface area contributed by atoms with E-state index in [1.165, 1.54) is 12.8 Å². The molecule has 1 aromatic rings. The lowest BCUT2D eigenvalue weighted by atomic mass is 10.1. The molecule has 0 aromatic heterocycles. The van der Waals surface area contributed by atoms with Crippen molar-refractivity contribution in [3.8, 4) is 5.75 Å². The zero-order chi connectivity index (χ0) is 14.8. The summed E-state index contributed by atoms with van der Waals surface area (Å²) in [6.45, 7) is 2.85. The Kier molecular flexibility index (Phi) is 4.15. The maximum Gasteiger partial charge on any atom is 0.256 e. The fourth-order valence-corrected chi connectivity index (χ4v) is 3.02. The highest BCUT2D eigenvalue weighted by Crippen LogP contribution is 2.38. The molecular formula is C17H23NO3. The Morgan fingerprint density at radius 1 is 1.29 bits per heavy atom. The van der Waals surface area contributed by atoms with Crippen LogP contribution in [0.3, 0.4) is 0 Å². The van der Waals surface area contributed by atoms with Gasteiger partial charge in [-0.3, -0.25) is 4.79 Å². The average Bonchev–Trinajstić information content (AvgIpc) is 3.22. The van der Waals surface area contributed by atoms with Gasteiger partial charge in [0, 0.05) is 18.3 Å². The lowest BCUT2D eigenvalue weighted by Gasteiger charge is -2.31. The van der Waals surface area contributed by atoms with Crippen LogP contribution in [0.4, 0.5) is 5.69 Å². The highest BCUT2D eigenvalue weighted by atomic mass is 16.5. The van der Waals surface area contributed by atoms with Crippen molar-refractivity contribution in [2.75, 3.05) is 18.6 Å². The summed E-state index contributed by atoms with van der Waals surface area (Å²) in [7, 11) is 1.65. The number of hydrogen-bond acceptors (Lipinski definition) is 3. The average molecular weight is 289 g/mol. The molecule has 1 saturated carbocycles. The van der Waals surface area contributed by atoms with Crippen LogP contribution in [-0.4, -0.2) is 31.8 Å². The Bertz CT molecular complexity index is 489. The molecule has 1 heterocycles. The fraction of sp³-hybridized carbons (Fsp3) is 0.588. The molecule has 1 aromatic carbocycles. The molecule has 0 unspecified atom stereocenters. The van der Waals surface area contributed by atoms with Crippen LogP contribution in [0.5, 0.6) is 5.75 Å². The normalized spacial score (nSPS) is 22.9. The van der Waals surface area contributed by atoms with Crippen LogP contribution < -0.4 is 9.64 Å². The Hall–Kier alpha value is -1.55. The standard InChI is InChI=1S/C17H23NO3/c1-12(13-5-6-13)18(17(19)16-4-3-11-21-16)14-7-9-15(20-2)10-8-14/h7-10,12-13,16H,3-6,11H2,1-2H3/t12-,16+/m0/s1. The maximum atomic E-state index is 12.8. The smallest absolute Gasteiger partial charge is 0.256 e. The van der Waals surface area contributed by atoms with Crippen molar-refractivity contribution < 1.29 is 14.3 Å². The van der Waals surface area contributed by atoms with E-state index in [2.05, 4.69) is 6.92 Å². The van der Waals surface area contributed by atoms with Crippen molar-refractivity contribution in [3.63, 3.8) is 0 Å². The van der Waals surface area contributed by atoms with Gasteiger partial charge in [0.2, 0.25) is 0 Å². The van der Waals surface area contributed by atoms with Gasteiger partial charge in [-0.2, -0.15) is 0 Å². The largest absolute Gasteiger partial charge is 0.497 e. The van der Waals surface area contributed by atoms with Gasteiger partial charge in [0.25, 0.3) is 5.91 Å². The Morgan fingerprint density at radius 3 is 2.52 bits per heavy atom. The molecule has 1 amide bonds. The molecule has 0 radical (unpaired) electrons. The van der Waals surface area contributed by atoms with Crippen LogP contribution in [0.25, 0.3) is 0 Å². The third kappa shape index (κ3) is 3.05. The van der Waals surface area contributed by atoms with Crippen molar-refractivity contribution in [2.45, 2.75) is 44.8 Å². The molecule has 0 bridgehead atoms. The van der Waals surface area contributed by atoms with Crippen molar-refractivity contribution in [1.29, 1.82) is 0 Å². The molecule has 3 rings (SSSR count). The van der Waals surface area contributed by atoms with E-state index in [0.717, 1.165) is 24.3 Å². The minimum atomic E-state index is -0.270. The molecule has 1 aliphatic heterocycles. The van der Waals surface area contributed by atoms with Gasteiger partial charge in [-0.05, 0) is 62.8 Å². The molecule has 21 heavy (non-hydrogen) atoms. The van der Waals surface area contributed by atoms with E-state index in [9.17, 15) is 4.79 Å². The molecular weight excluding hydrogens is 266 g/mol. The van der Waals surface area contributed by atoms with E-state index < -0.39 is 0 Å². The van der Waals surface area contributed by atoms with E-state index in [4.69, 9.17) is 9.47 Å². The quantitative estimate of drug-likeness (QED) is 0.836. The molecule has 1 saturated heterocycles. The lowest BCUT2D eigenvalue weighted by Crippen LogP contribution is -2.45. The molecule has 2 atom stereocenters. The number of benzene rings is 1. The number of amides is 1. The summed E-state index contributed by atoms with van der Waals surface area (Å²) in [6, 6.07) is 7.97. The number of hydrogen-bond donors (Lipinski definition) is 0. The third-order valence-corrected chi connectivity index (χ3v) is 4.50. The highest BCUT2D eigenvalue weighted by molar-refractivity contribution is 5.97. The Morgan fingerprint density at radius 2 is 2.00 bits per heavy atom. The monoisotopic (exact) mass is 289 g/mol. The molecule has 114 valence electrons. The van der Waals surface area contributed by atoms with Gasteiger partial charge in [-0.25, -0.2) is 0 Å². The van der Waals surface area contributed by atoms with Gasteiger partial charge in [0.15, 0.2) is 0 Å². The first kappa shape index (κ1) is 14.4. The van der Waals surface area contributed by atoms with Crippen LogP contribution in [-0.2, 0) is 9.53 Å². The molecule has 2 fully saturated rings. The first-order valence-electron chi connectivity index (χ1n) is 7.79. The first-order chi connectivity index (χ1) is 10.2. The van der Waals surface area contributed by atoms with E-state index in [-0.39, 0.29) is 18.1 Å². The zero-order valence-electron chi connectivity index (χ0n) is 12.7. The van der Waals surface area contributed by atoms with Gasteiger partial charge < -0.3 is 14.4 Å². The van der Waals surface area contributed by atoms with Crippen molar-refractivity contribution in [2.24, 2.45) is 5.92 Å². The lowest BCUT2D eigenvalue weighted by molar-refractivity contribution is -0.127. The number of anilines is 1. The second-order valence-electron chi connectivity index (χ2n) is 5.99. The van der Waals surface area contributed by atoms with Crippen LogP contribution in [0.15, 0.2) is 24.3 Å². The Balaban J connectivity index is 1.84. The van der Waals surface area contributed by atoms with Crippen molar-refractivity contribution in [1.82, 2.24) is 0 Å². The van der Waals surface area contributed by atoms with Crippen LogP contribution in [0, 0.1) is 5.92 Å². The number of methoxy groups -OCH3 is 1. The molecule has 4 heteroatoms. The van der Waals surface area contributed by atoms with E-state index >= 15 is 0 Å². The molecule has 1 aliphatic carbocycles. The fourth-order valence-electron chi connectivity index (χ4n) is 3.02. The summed E-state index contributed by atoms with van der Waals surface area (Å²) in [5.41, 5.74) is 0.940. The van der Waals surface area contributed by atoms with Crippen molar-refractivity contribution in [3.05, 3.63) is 24.3 Å². The van der Waals surface area contributed by atoms with Gasteiger partial charge in [-0.1, -0.05) is 0 Å². The topological polar surface area (TPSA) is 38.8 Å². The number of ether oxygens (including phenoxy) is 2. The minimum absolute atomic E-state index is 0.108. The summed E-state index contributed by atoms with van der Waals surface area (Å²) >= 11 is 0. The van der Waals surface area contributed by atoms with E-state index in [1.54, 1.807) is 7.11 Å². The number of carbonyl (C=O) groups is 1. The highest BCUT2D eigenvalue weighted by Gasteiger charge is 2.38. The number of carbonyl (C=O) groups excluding carboxylic acids is 1. The second kappa shape index (κ2) is 6.06. The van der Waals surface area contributed by atoms with Gasteiger partial charge in [0.1, 0.15) is 11.9 Å². The van der Waals surface area contributed by atoms with Gasteiger partial charge in [-0.15, -0.1) is 0 Å². The Labute approximate surface area is 126 Å². The van der Waals surface area contributed by atoms with Gasteiger partial charge in [0.05, 0.1) is 7.11 Å². The molecule has 0 N–H and O–H groups in total. The predicted molar refractivity (Wildman–Crippen MR) is 81.6 cm³/mol. The minimum Gasteiger partial charge on any atom is -0.497 e. The summed E-state index contributed by atoms with van der Waals surface area (Å²) in [4.78, 5) is 14.8. The maximum absolute atomic E-state index is 12.8. The van der Waals surface area contributed by atoms with E-state index in [0.29, 0.717) is 12.5 Å². The molecule has 0 spiro atoms. The summed E-state index contributed by atoms with van der Waals surface area (Å²) < 4.78 is 10.8. The molecule has 4 nitrogen and oxygen atoms in total. The SMILES string of the molecule is COc1ccc(N(C(=O)[C@H]2CCCO2)[C@@H](C)C2CC2)cc1. The summed E-state index contributed by atoms with van der Waals surface area (Å²) in [5.74, 6) is 1.54. The van der Waals surface area contributed by atoms with Crippen molar-refractivity contribution >= 4 is 11.6 Å². The predicted octanol–water partition coefficient (Wildman–Crippen LogP) is 3.01. The second-order valence-corrected chi connectivity index (χ2v) is 5.99.